The molecule has 0 radical (unpaired) electrons. The fourth-order valence-electron chi connectivity index (χ4n) is 11.9. The molecule has 0 aromatic carbocycles. The standard InChI is InChI=1S/C34H53N5O10.C17H25N5O3.C17H28O7/c1-6-27(41)47-17-18-48-29(43)14-9-7-11-15-46-28(42)13-10-8-12-16-49-32(45)37-25-20-33(3,4)22-34(5,21-25)23-35-31(44)39-30-36-24(2)19-26(40)38-30;1-11-5-13(24)21-14(20-11)22-15(25)18-9-17(4)7-12(19-10-23)6-16(2,3)8-17;1-2-15(19)23-13-14-24-17(21)10-6-4-8-12-22-16(20)9-5-3-7-11-18/h6,19,25H,1,7-18,20-23H2,2-5H3,(H,37,45)(H3,35,36,38,39,40,44);5,12H,6-9H2,1-4H3,(H3,18,20,21,22,24,25);2,18H,1,3-14H2. The molecule has 98 heavy (non-hydrogen) atoms. The SMILES string of the molecule is C=CC(=O)OCCOC(=O)CCCCCOC(=O)CCCCCO.C=CC(=O)OCCOC(=O)CCCCCOC(=O)CCCCCOC(=O)NC1CC(C)(C)CC(C)(CNC(=O)Nc2nc(C)cc(=O)[nH]2)C1.Cc1cc(=O)[nH]c(NC(=O)NCC2(C)CC(N=C=O)CC(C)(C)C2)n1. The van der Waals surface area contributed by atoms with Crippen molar-refractivity contribution >= 4 is 71.9 Å². The number of aromatic amines is 2. The first-order valence-electron chi connectivity index (χ1n) is 33.5. The second kappa shape index (κ2) is 46.4. The van der Waals surface area contributed by atoms with E-state index in [9.17, 15) is 57.5 Å². The number of aliphatic hydroxyl groups is 1. The number of nitrogens with zero attached hydrogens (tertiary/aromatic N) is 3. The molecular weight excluding hydrogens is 1280 g/mol. The monoisotopic (exact) mass is 1380 g/mol. The Morgan fingerprint density at radius 3 is 1.32 bits per heavy atom. The lowest BCUT2D eigenvalue weighted by atomic mass is 9.62. The molecule has 2 aliphatic rings. The van der Waals surface area contributed by atoms with Crippen LogP contribution in [0.4, 0.5) is 26.3 Å². The number of hydrogen-bond acceptors (Lipinski definition) is 23. The fourth-order valence-corrected chi connectivity index (χ4v) is 11.9. The normalized spacial score (nSPS) is 17.8. The Hall–Kier alpha value is -8.79. The van der Waals surface area contributed by atoms with Gasteiger partial charge in [-0.1, -0.05) is 61.1 Å². The molecule has 2 aromatic heterocycles. The number of unbranched alkanes of at least 4 members (excludes halogenated alkanes) is 8. The molecule has 4 unspecified atom stereocenters. The van der Waals surface area contributed by atoms with Crippen molar-refractivity contribution in [3.63, 3.8) is 0 Å². The van der Waals surface area contributed by atoms with E-state index in [4.69, 9.17) is 33.5 Å². The largest absolute Gasteiger partial charge is 0.466 e. The van der Waals surface area contributed by atoms with E-state index in [1.54, 1.807) is 19.9 Å². The van der Waals surface area contributed by atoms with Gasteiger partial charge in [-0.15, -0.1) is 0 Å². The molecule has 2 saturated carbocycles. The molecule has 2 heterocycles. The minimum Gasteiger partial charge on any atom is -0.466 e. The molecule has 4 atom stereocenters. The number of esters is 6. The van der Waals surface area contributed by atoms with E-state index in [1.165, 1.54) is 12.1 Å². The highest BCUT2D eigenvalue weighted by molar-refractivity contribution is 5.88. The average Bonchev–Trinajstić information content (AvgIpc) is 0.807. The lowest BCUT2D eigenvalue weighted by Gasteiger charge is -2.46. The van der Waals surface area contributed by atoms with Gasteiger partial charge in [-0.25, -0.2) is 43.7 Å². The minimum absolute atomic E-state index is 0.00275. The smallest absolute Gasteiger partial charge is 0.407 e. The number of aliphatic hydroxyl groups excluding tert-OH is 1. The molecule has 30 heteroatoms. The number of amides is 5. The van der Waals surface area contributed by atoms with Gasteiger partial charge in [-0.05, 0) is 145 Å². The molecule has 0 aliphatic heterocycles. The van der Waals surface area contributed by atoms with Crippen LogP contribution in [0, 0.1) is 35.5 Å². The van der Waals surface area contributed by atoms with Crippen molar-refractivity contribution < 1.29 is 86.2 Å². The number of ether oxygens (including phenoxy) is 7. The summed E-state index contributed by atoms with van der Waals surface area (Å²) in [5.74, 6) is -2.16. The zero-order chi connectivity index (χ0) is 73.0. The molecule has 0 bridgehead atoms. The van der Waals surface area contributed by atoms with Gasteiger partial charge in [0.15, 0.2) is 0 Å². The summed E-state index contributed by atoms with van der Waals surface area (Å²) >= 11 is 0. The molecule has 0 saturated heterocycles. The Morgan fingerprint density at radius 1 is 0.541 bits per heavy atom. The summed E-state index contributed by atoms with van der Waals surface area (Å²) in [6, 6.07) is 1.56. The number of aromatic nitrogens is 4. The van der Waals surface area contributed by atoms with Gasteiger partial charge in [0.05, 0.1) is 25.9 Å². The number of urea groups is 2. The first kappa shape index (κ1) is 85.3. The van der Waals surface area contributed by atoms with Crippen LogP contribution < -0.4 is 37.7 Å². The number of carbonyl (C=O) groups excluding carboxylic acids is 10. The maximum atomic E-state index is 12.6. The Bertz CT molecular complexity index is 3050. The molecule has 0 spiro atoms. The zero-order valence-corrected chi connectivity index (χ0v) is 58.6. The van der Waals surface area contributed by atoms with E-state index in [2.05, 4.69) is 111 Å². The van der Waals surface area contributed by atoms with Crippen molar-refractivity contribution in [3.05, 3.63) is 69.5 Å². The van der Waals surface area contributed by atoms with Crippen molar-refractivity contribution in [2.45, 2.75) is 209 Å². The number of rotatable bonds is 39. The quantitative estimate of drug-likeness (QED) is 0.00776. The van der Waals surface area contributed by atoms with Gasteiger partial charge < -0.3 is 54.2 Å². The molecule has 2 aromatic rings. The highest BCUT2D eigenvalue weighted by atomic mass is 16.6. The van der Waals surface area contributed by atoms with Crippen LogP contribution in [0.25, 0.3) is 0 Å². The fraction of sp³-hybridized carbons (Fsp3) is 0.676. The second-order valence-corrected chi connectivity index (χ2v) is 26.6. The number of alkyl carbamates (subject to hydrolysis) is 1. The lowest BCUT2D eigenvalue weighted by Crippen LogP contribution is -2.51. The summed E-state index contributed by atoms with van der Waals surface area (Å²) in [6.45, 7) is 24.4. The van der Waals surface area contributed by atoms with Crippen LogP contribution in [0.3, 0.4) is 0 Å². The van der Waals surface area contributed by atoms with E-state index in [0.29, 0.717) is 108 Å². The molecule has 5 amide bonds. The van der Waals surface area contributed by atoms with Crippen molar-refractivity contribution in [1.29, 1.82) is 0 Å². The third-order valence-electron chi connectivity index (χ3n) is 15.4. The Labute approximate surface area is 573 Å². The number of aryl methyl sites for hydroxylation is 2. The maximum absolute atomic E-state index is 12.6. The van der Waals surface area contributed by atoms with Crippen molar-refractivity contribution in [3.8, 4) is 0 Å². The molecular formula is C68H106N10O20. The van der Waals surface area contributed by atoms with E-state index in [-0.39, 0.29) is 146 Å². The number of carbonyl (C=O) groups is 9. The number of aliphatic imine (C=N–C) groups is 1. The number of hydrogen-bond donors (Lipinski definition) is 8. The molecule has 2 aliphatic carbocycles. The first-order chi connectivity index (χ1) is 46.4. The van der Waals surface area contributed by atoms with Crippen LogP contribution in [-0.4, -0.2) is 163 Å². The molecule has 548 valence electrons. The summed E-state index contributed by atoms with van der Waals surface area (Å²) in [5.41, 5.74) is -0.192. The Morgan fingerprint density at radius 2 is 0.918 bits per heavy atom. The average molecular weight is 1380 g/mol. The Balaban J connectivity index is 0.000000557. The first-order valence-corrected chi connectivity index (χ1v) is 33.5. The van der Waals surface area contributed by atoms with E-state index in [1.807, 2.05) is 0 Å². The number of isocyanates is 1. The van der Waals surface area contributed by atoms with Gasteiger partial charge in [0.1, 0.15) is 26.4 Å². The van der Waals surface area contributed by atoms with Gasteiger partial charge in [-0.2, -0.15) is 0 Å². The molecule has 4 rings (SSSR count). The van der Waals surface area contributed by atoms with Crippen LogP contribution in [0.2, 0.25) is 0 Å². The van der Waals surface area contributed by atoms with Crippen LogP contribution in [0.15, 0.2) is 52.0 Å². The van der Waals surface area contributed by atoms with Crippen LogP contribution in [-0.2, 0) is 66.7 Å². The topological polar surface area (TPSA) is 420 Å². The van der Waals surface area contributed by atoms with Gasteiger partial charge in [0, 0.05) is 87.1 Å². The van der Waals surface area contributed by atoms with Crippen molar-refractivity contribution in [2.75, 3.05) is 76.6 Å². The Kier molecular flexibility index (Phi) is 40.4. The third-order valence-corrected chi connectivity index (χ3v) is 15.4. The highest BCUT2D eigenvalue weighted by Gasteiger charge is 2.43. The summed E-state index contributed by atoms with van der Waals surface area (Å²) in [4.78, 5) is 156. The van der Waals surface area contributed by atoms with E-state index in [0.717, 1.165) is 57.1 Å². The summed E-state index contributed by atoms with van der Waals surface area (Å²) in [7, 11) is 0. The number of nitrogens with one attached hydrogen (secondary N) is 7. The summed E-state index contributed by atoms with van der Waals surface area (Å²) in [6.07, 6.45) is 17.4. The van der Waals surface area contributed by atoms with Gasteiger partial charge in [-0.3, -0.25) is 49.4 Å². The maximum Gasteiger partial charge on any atom is 0.407 e. The molecule has 8 N–H and O–H groups in total. The van der Waals surface area contributed by atoms with E-state index >= 15 is 0 Å². The molecule has 2 fully saturated rings. The van der Waals surface area contributed by atoms with Crippen LogP contribution >= 0.6 is 0 Å². The summed E-state index contributed by atoms with van der Waals surface area (Å²) < 4.78 is 34.9. The molecule has 30 nitrogen and oxygen atoms in total. The van der Waals surface area contributed by atoms with Gasteiger partial charge >= 0.3 is 54.0 Å². The minimum atomic E-state index is -0.570. The van der Waals surface area contributed by atoms with Crippen LogP contribution in [0.5, 0.6) is 0 Å². The highest BCUT2D eigenvalue weighted by Crippen LogP contribution is 2.47. The zero-order valence-electron chi connectivity index (χ0n) is 58.6. The van der Waals surface area contributed by atoms with E-state index < -0.39 is 30.1 Å². The second-order valence-electron chi connectivity index (χ2n) is 26.6. The van der Waals surface area contributed by atoms with Crippen molar-refractivity contribution in [2.24, 2.45) is 26.7 Å². The van der Waals surface area contributed by atoms with Gasteiger partial charge in [0.2, 0.25) is 18.0 Å². The predicted octanol–water partition coefficient (Wildman–Crippen LogP) is 8.48. The number of anilines is 2. The van der Waals surface area contributed by atoms with Gasteiger partial charge in [0.25, 0.3) is 11.1 Å². The summed E-state index contributed by atoms with van der Waals surface area (Å²) in [5, 5.41) is 22.4. The van der Waals surface area contributed by atoms with Crippen molar-refractivity contribution in [1.82, 2.24) is 35.9 Å². The van der Waals surface area contributed by atoms with Crippen LogP contribution in [0.1, 0.15) is 194 Å². The predicted molar refractivity (Wildman–Crippen MR) is 362 cm³/mol. The third kappa shape index (κ3) is 41.3. The lowest BCUT2D eigenvalue weighted by molar-refractivity contribution is -0.149. The number of H-pyrrole nitrogens is 2.